The molecule has 0 bridgehead atoms. The first-order valence-corrected chi connectivity index (χ1v) is 8.23. The van der Waals surface area contributed by atoms with E-state index in [1.54, 1.807) is 24.3 Å². The fourth-order valence-electron chi connectivity index (χ4n) is 2.58. The van der Waals surface area contributed by atoms with Gasteiger partial charge in [-0.1, -0.05) is 12.1 Å². The van der Waals surface area contributed by atoms with E-state index >= 15 is 0 Å². The fourth-order valence-corrected chi connectivity index (χ4v) is 2.58. The van der Waals surface area contributed by atoms with Gasteiger partial charge in [0.25, 0.3) is 0 Å². The third-order valence-corrected chi connectivity index (χ3v) is 4.05. The zero-order chi connectivity index (χ0) is 21.2. The molecule has 1 aromatic carbocycles. The molecule has 3 rings (SSSR count). The van der Waals surface area contributed by atoms with Crippen LogP contribution < -0.4 is 9.47 Å². The Morgan fingerprint density at radius 1 is 1.10 bits per heavy atom. The lowest BCUT2D eigenvalue weighted by Gasteiger charge is -2.16. The molecule has 11 heteroatoms. The predicted molar refractivity (Wildman–Crippen MR) is 91.6 cm³/mol. The highest BCUT2D eigenvalue weighted by atomic mass is 19.4. The van der Waals surface area contributed by atoms with E-state index < -0.39 is 18.4 Å². The Hall–Kier alpha value is -3.24. The van der Waals surface area contributed by atoms with Crippen molar-refractivity contribution >= 4 is 0 Å². The summed E-state index contributed by atoms with van der Waals surface area (Å²) in [7, 11) is 1.50. The number of rotatable bonds is 6. The van der Waals surface area contributed by atoms with Crippen molar-refractivity contribution in [2.45, 2.75) is 26.3 Å². The van der Waals surface area contributed by atoms with Crippen LogP contribution in [0.1, 0.15) is 23.4 Å². The van der Waals surface area contributed by atoms with Crippen molar-refractivity contribution in [3.63, 3.8) is 0 Å². The van der Waals surface area contributed by atoms with Gasteiger partial charge in [0, 0.05) is 17.3 Å². The van der Waals surface area contributed by atoms with Crippen molar-refractivity contribution in [2.24, 2.45) is 0 Å². The molecule has 3 aromatic rings. The highest BCUT2D eigenvalue weighted by Crippen LogP contribution is 2.38. The van der Waals surface area contributed by atoms with E-state index in [4.69, 9.17) is 9.47 Å². The Labute approximate surface area is 161 Å². The van der Waals surface area contributed by atoms with Crippen LogP contribution in [0.3, 0.4) is 0 Å². The summed E-state index contributed by atoms with van der Waals surface area (Å²) >= 11 is 0. The molecule has 154 valence electrons. The largest absolute Gasteiger partial charge is 0.497 e. The second-order valence-electron chi connectivity index (χ2n) is 5.97. The molecule has 0 aliphatic carbocycles. The molecule has 0 spiro atoms. The number of ether oxygens (including phenoxy) is 2. The smallest absolute Gasteiger partial charge is 0.435 e. The molecule has 2 heterocycles. The molecular formula is C18H15F5N4O2. The summed E-state index contributed by atoms with van der Waals surface area (Å²) in [5.74, 6) is 0.395. The molecule has 29 heavy (non-hydrogen) atoms. The Morgan fingerprint density at radius 3 is 2.34 bits per heavy atom. The summed E-state index contributed by atoms with van der Waals surface area (Å²) in [5.41, 5.74) is -0.923. The Morgan fingerprint density at radius 2 is 1.79 bits per heavy atom. The second-order valence-corrected chi connectivity index (χ2v) is 5.97. The van der Waals surface area contributed by atoms with Crippen molar-refractivity contribution in [1.29, 1.82) is 0 Å². The molecule has 0 radical (unpaired) electrons. The first-order valence-electron chi connectivity index (χ1n) is 8.23. The molecule has 0 saturated heterocycles. The lowest BCUT2D eigenvalue weighted by Crippen LogP contribution is -2.14. The maximum Gasteiger partial charge on any atom is 0.435 e. The third-order valence-electron chi connectivity index (χ3n) is 4.05. The molecule has 0 fully saturated rings. The number of methoxy groups -OCH3 is 1. The van der Waals surface area contributed by atoms with Crippen LogP contribution in [-0.2, 0) is 12.8 Å². The molecule has 0 N–H and O–H groups in total. The zero-order valence-corrected chi connectivity index (χ0v) is 15.2. The monoisotopic (exact) mass is 414 g/mol. The van der Waals surface area contributed by atoms with Gasteiger partial charge >= 0.3 is 12.7 Å². The van der Waals surface area contributed by atoms with Crippen LogP contribution in [0, 0.1) is 6.92 Å². The molecule has 2 aromatic heterocycles. The van der Waals surface area contributed by atoms with Crippen molar-refractivity contribution in [1.82, 2.24) is 20.0 Å². The molecule has 6 nitrogen and oxygen atoms in total. The van der Waals surface area contributed by atoms with Crippen LogP contribution in [0.2, 0.25) is 0 Å². The van der Waals surface area contributed by atoms with Gasteiger partial charge < -0.3 is 9.47 Å². The molecule has 0 amide bonds. The predicted octanol–water partition coefficient (Wildman–Crippen LogP) is 4.65. The standard InChI is InChI=1S/C18H15F5N4O2/c1-10-15(29-9-11-3-5-13(28-2)6-4-11)14(25-26-16(10)18(21,22)23)12-7-24-27(8-12)17(19)20/h3-8,17H,9H2,1-2H3. The van der Waals surface area contributed by atoms with Gasteiger partial charge in [0.2, 0.25) is 0 Å². The Bertz CT molecular complexity index is 987. The number of hydrogen-bond donors (Lipinski definition) is 0. The molecule has 0 atom stereocenters. The first kappa shape index (κ1) is 20.5. The van der Waals surface area contributed by atoms with E-state index in [9.17, 15) is 22.0 Å². The van der Waals surface area contributed by atoms with Gasteiger partial charge in [-0.3, -0.25) is 0 Å². The first-order chi connectivity index (χ1) is 13.7. The van der Waals surface area contributed by atoms with Gasteiger partial charge in [0.1, 0.15) is 18.1 Å². The van der Waals surface area contributed by atoms with E-state index in [0.29, 0.717) is 16.0 Å². The van der Waals surface area contributed by atoms with Crippen molar-refractivity contribution < 1.29 is 31.4 Å². The zero-order valence-electron chi connectivity index (χ0n) is 15.2. The van der Waals surface area contributed by atoms with Crippen LogP contribution in [0.15, 0.2) is 36.7 Å². The minimum atomic E-state index is -4.75. The fraction of sp³-hybridized carbons (Fsp3) is 0.278. The summed E-state index contributed by atoms with van der Waals surface area (Å²) in [6.07, 6.45) is -2.73. The minimum absolute atomic E-state index is 0.0550. The van der Waals surface area contributed by atoms with E-state index in [2.05, 4.69) is 15.3 Å². The molecule has 0 saturated carbocycles. The average molecular weight is 414 g/mol. The van der Waals surface area contributed by atoms with E-state index in [1.165, 1.54) is 14.0 Å². The number of halogens is 5. The summed E-state index contributed by atoms with van der Waals surface area (Å²) in [6.45, 7) is -1.80. The Balaban J connectivity index is 2.00. The lowest BCUT2D eigenvalue weighted by atomic mass is 10.1. The van der Waals surface area contributed by atoms with Crippen LogP contribution in [0.25, 0.3) is 11.3 Å². The van der Waals surface area contributed by atoms with Crippen molar-refractivity contribution in [3.05, 3.63) is 53.5 Å². The van der Waals surface area contributed by atoms with E-state index in [0.717, 1.165) is 12.4 Å². The normalized spacial score (nSPS) is 11.7. The molecular weight excluding hydrogens is 399 g/mol. The summed E-state index contributed by atoms with van der Waals surface area (Å²) in [5, 5.41) is 10.3. The molecule has 0 unspecified atom stereocenters. The maximum absolute atomic E-state index is 13.2. The van der Waals surface area contributed by atoms with Gasteiger partial charge in [0.15, 0.2) is 11.4 Å². The number of benzene rings is 1. The van der Waals surface area contributed by atoms with E-state index in [-0.39, 0.29) is 29.2 Å². The lowest BCUT2D eigenvalue weighted by molar-refractivity contribution is -0.142. The van der Waals surface area contributed by atoms with Crippen LogP contribution in [0.5, 0.6) is 11.5 Å². The van der Waals surface area contributed by atoms with Gasteiger partial charge in [-0.25, -0.2) is 4.68 Å². The number of aromatic nitrogens is 4. The minimum Gasteiger partial charge on any atom is -0.497 e. The number of nitrogens with zero attached hydrogens (tertiary/aromatic N) is 4. The number of alkyl halides is 5. The second kappa shape index (κ2) is 8.02. The van der Waals surface area contributed by atoms with Gasteiger partial charge in [-0.05, 0) is 24.6 Å². The third kappa shape index (κ3) is 4.44. The average Bonchev–Trinajstić information content (AvgIpc) is 3.16. The quantitative estimate of drug-likeness (QED) is 0.550. The van der Waals surface area contributed by atoms with E-state index in [1.807, 2.05) is 0 Å². The van der Waals surface area contributed by atoms with Gasteiger partial charge in [-0.15, -0.1) is 10.2 Å². The topological polar surface area (TPSA) is 62.1 Å². The van der Waals surface area contributed by atoms with Crippen LogP contribution in [0.4, 0.5) is 22.0 Å². The van der Waals surface area contributed by atoms with Crippen molar-refractivity contribution in [3.8, 4) is 22.8 Å². The summed E-state index contributed by atoms with van der Waals surface area (Å²) in [4.78, 5) is 0. The van der Waals surface area contributed by atoms with Crippen LogP contribution in [-0.4, -0.2) is 27.1 Å². The molecule has 0 aliphatic heterocycles. The van der Waals surface area contributed by atoms with Gasteiger partial charge in [-0.2, -0.15) is 27.1 Å². The highest BCUT2D eigenvalue weighted by Gasteiger charge is 2.37. The van der Waals surface area contributed by atoms with Gasteiger partial charge in [0.05, 0.1) is 13.3 Å². The number of hydrogen-bond acceptors (Lipinski definition) is 5. The summed E-state index contributed by atoms with van der Waals surface area (Å²) in [6, 6.07) is 6.71. The maximum atomic E-state index is 13.2. The highest BCUT2D eigenvalue weighted by molar-refractivity contribution is 5.67. The van der Waals surface area contributed by atoms with Crippen LogP contribution >= 0.6 is 0 Å². The SMILES string of the molecule is COc1ccc(COc2c(-c3cnn(C(F)F)c3)nnc(C(F)(F)F)c2C)cc1. The summed E-state index contributed by atoms with van der Waals surface area (Å²) < 4.78 is 76.3. The van der Waals surface area contributed by atoms with Crippen molar-refractivity contribution in [2.75, 3.05) is 7.11 Å². The Kier molecular flexibility index (Phi) is 5.66. The molecule has 0 aliphatic rings.